The molecule has 0 aromatic heterocycles. The Morgan fingerprint density at radius 2 is 1.95 bits per heavy atom. The summed E-state index contributed by atoms with van der Waals surface area (Å²) in [6.45, 7) is 0.907. The van der Waals surface area contributed by atoms with Crippen LogP contribution in [0.2, 0.25) is 0 Å². The number of sulfonamides is 1. The first-order valence-corrected chi connectivity index (χ1v) is 8.76. The van der Waals surface area contributed by atoms with Crippen LogP contribution in [0.1, 0.15) is 18.4 Å². The van der Waals surface area contributed by atoms with Crippen molar-refractivity contribution in [3.05, 3.63) is 23.8 Å². The van der Waals surface area contributed by atoms with Gasteiger partial charge in [-0.3, -0.25) is 0 Å². The highest BCUT2D eigenvalue weighted by Gasteiger charge is 2.31. The lowest BCUT2D eigenvalue weighted by molar-refractivity contribution is 0.0604. The molecule has 1 saturated heterocycles. The SMILES string of the molecule is COc1ccc(CCl)cc1S(=O)(=O)N1CCC(OC)CC1. The van der Waals surface area contributed by atoms with Crippen LogP contribution in [0.15, 0.2) is 23.1 Å². The zero-order valence-electron chi connectivity index (χ0n) is 12.2. The summed E-state index contributed by atoms with van der Waals surface area (Å²) in [7, 11) is -0.456. The lowest BCUT2D eigenvalue weighted by Gasteiger charge is -2.30. The third kappa shape index (κ3) is 3.51. The van der Waals surface area contributed by atoms with Gasteiger partial charge in [-0.05, 0) is 30.5 Å². The average molecular weight is 334 g/mol. The van der Waals surface area contributed by atoms with Crippen LogP contribution in [0.3, 0.4) is 0 Å². The zero-order valence-corrected chi connectivity index (χ0v) is 13.8. The molecule has 1 aromatic carbocycles. The van der Waals surface area contributed by atoms with Gasteiger partial charge in [-0.1, -0.05) is 6.07 Å². The zero-order chi connectivity index (χ0) is 15.5. The topological polar surface area (TPSA) is 55.8 Å². The van der Waals surface area contributed by atoms with Crippen LogP contribution < -0.4 is 4.74 Å². The monoisotopic (exact) mass is 333 g/mol. The fourth-order valence-electron chi connectivity index (χ4n) is 2.45. The van der Waals surface area contributed by atoms with Crippen molar-refractivity contribution in [3.8, 4) is 5.75 Å². The number of rotatable bonds is 5. The number of halogens is 1. The van der Waals surface area contributed by atoms with Gasteiger partial charge in [-0.15, -0.1) is 11.6 Å². The molecule has 7 heteroatoms. The molecule has 0 amide bonds. The van der Waals surface area contributed by atoms with E-state index in [4.69, 9.17) is 21.1 Å². The summed E-state index contributed by atoms with van der Waals surface area (Å²) in [5, 5.41) is 0. The standard InChI is InChI=1S/C14H20ClNO4S/c1-19-12-5-7-16(8-6-12)21(17,18)14-9-11(10-15)3-4-13(14)20-2/h3-4,9,12H,5-8,10H2,1-2H3. The Morgan fingerprint density at radius 3 is 2.48 bits per heavy atom. The minimum Gasteiger partial charge on any atom is -0.495 e. The van der Waals surface area contributed by atoms with Gasteiger partial charge in [0.1, 0.15) is 10.6 Å². The van der Waals surface area contributed by atoms with E-state index in [0.29, 0.717) is 31.7 Å². The van der Waals surface area contributed by atoms with Gasteiger partial charge < -0.3 is 9.47 Å². The summed E-state index contributed by atoms with van der Waals surface area (Å²) in [6.07, 6.45) is 1.54. The summed E-state index contributed by atoms with van der Waals surface area (Å²) in [5.41, 5.74) is 0.753. The number of alkyl halides is 1. The second-order valence-electron chi connectivity index (χ2n) is 4.96. The number of hydrogen-bond donors (Lipinski definition) is 0. The van der Waals surface area contributed by atoms with Crippen molar-refractivity contribution in [1.29, 1.82) is 0 Å². The van der Waals surface area contributed by atoms with E-state index in [2.05, 4.69) is 0 Å². The van der Waals surface area contributed by atoms with Crippen LogP contribution >= 0.6 is 11.6 Å². The Morgan fingerprint density at radius 1 is 1.29 bits per heavy atom. The fraction of sp³-hybridized carbons (Fsp3) is 0.571. The molecule has 1 aliphatic rings. The van der Waals surface area contributed by atoms with Gasteiger partial charge in [0.25, 0.3) is 0 Å². The molecule has 0 atom stereocenters. The lowest BCUT2D eigenvalue weighted by atomic mass is 10.1. The van der Waals surface area contributed by atoms with Gasteiger partial charge in [0.05, 0.1) is 13.2 Å². The number of benzene rings is 1. The van der Waals surface area contributed by atoms with Crippen molar-refractivity contribution in [3.63, 3.8) is 0 Å². The van der Waals surface area contributed by atoms with Gasteiger partial charge in [0, 0.05) is 26.1 Å². The molecule has 0 aliphatic carbocycles. The van der Waals surface area contributed by atoms with Crippen LogP contribution in [-0.2, 0) is 20.6 Å². The molecule has 1 heterocycles. The van der Waals surface area contributed by atoms with Crippen molar-refractivity contribution < 1.29 is 17.9 Å². The molecule has 0 unspecified atom stereocenters. The summed E-state index contributed by atoms with van der Waals surface area (Å²) in [6, 6.07) is 5.00. The molecular formula is C14H20ClNO4S. The average Bonchev–Trinajstić information content (AvgIpc) is 2.54. The minimum atomic E-state index is -3.57. The molecule has 21 heavy (non-hydrogen) atoms. The van der Waals surface area contributed by atoms with Crippen LogP contribution in [0.4, 0.5) is 0 Å². The molecule has 2 rings (SSSR count). The maximum Gasteiger partial charge on any atom is 0.246 e. The van der Waals surface area contributed by atoms with Gasteiger partial charge in [0.15, 0.2) is 0 Å². The van der Waals surface area contributed by atoms with E-state index >= 15 is 0 Å². The predicted octanol–water partition coefficient (Wildman–Crippen LogP) is 2.23. The molecule has 5 nitrogen and oxygen atoms in total. The molecule has 118 valence electrons. The normalized spacial score (nSPS) is 17.9. The first-order valence-electron chi connectivity index (χ1n) is 6.78. The van der Waals surface area contributed by atoms with E-state index in [0.717, 1.165) is 5.56 Å². The molecule has 1 aromatic rings. The van der Waals surface area contributed by atoms with Crippen molar-refractivity contribution in [2.75, 3.05) is 27.3 Å². The Labute approximate surface area is 130 Å². The molecule has 0 spiro atoms. The second kappa shape index (κ2) is 6.96. The van der Waals surface area contributed by atoms with Gasteiger partial charge >= 0.3 is 0 Å². The Kier molecular flexibility index (Phi) is 5.48. The largest absolute Gasteiger partial charge is 0.495 e. The van der Waals surface area contributed by atoms with Crippen molar-refractivity contribution in [2.45, 2.75) is 29.7 Å². The quantitative estimate of drug-likeness (QED) is 0.775. The second-order valence-corrected chi connectivity index (χ2v) is 7.13. The third-order valence-electron chi connectivity index (χ3n) is 3.73. The van der Waals surface area contributed by atoms with Gasteiger partial charge in [0.2, 0.25) is 10.0 Å². The maximum atomic E-state index is 12.8. The summed E-state index contributed by atoms with van der Waals surface area (Å²) >= 11 is 5.80. The Bertz CT molecular complexity index is 583. The number of hydrogen-bond acceptors (Lipinski definition) is 4. The first-order chi connectivity index (χ1) is 10.0. The summed E-state index contributed by atoms with van der Waals surface area (Å²) in [4.78, 5) is 0.180. The highest BCUT2D eigenvalue weighted by molar-refractivity contribution is 7.89. The van der Waals surface area contributed by atoms with Crippen LogP contribution in [0.5, 0.6) is 5.75 Å². The lowest BCUT2D eigenvalue weighted by Crippen LogP contribution is -2.40. The maximum absolute atomic E-state index is 12.8. The van der Waals surface area contributed by atoms with E-state index in [9.17, 15) is 8.42 Å². The fourth-order valence-corrected chi connectivity index (χ4v) is 4.29. The highest BCUT2D eigenvalue weighted by Crippen LogP contribution is 2.30. The van der Waals surface area contributed by atoms with Crippen LogP contribution in [0.25, 0.3) is 0 Å². The Hall–Kier alpha value is -0.820. The van der Waals surface area contributed by atoms with Gasteiger partial charge in [-0.25, -0.2) is 8.42 Å². The molecule has 0 radical (unpaired) electrons. The smallest absolute Gasteiger partial charge is 0.246 e. The van der Waals surface area contributed by atoms with E-state index in [1.807, 2.05) is 0 Å². The van der Waals surface area contributed by atoms with Crippen LogP contribution in [0, 0.1) is 0 Å². The van der Waals surface area contributed by atoms with Crippen molar-refractivity contribution in [1.82, 2.24) is 4.31 Å². The molecule has 1 fully saturated rings. The van der Waals surface area contributed by atoms with Crippen molar-refractivity contribution >= 4 is 21.6 Å². The molecule has 0 bridgehead atoms. The predicted molar refractivity (Wildman–Crippen MR) is 81.3 cm³/mol. The molecule has 0 N–H and O–H groups in total. The molecule has 1 aliphatic heterocycles. The van der Waals surface area contributed by atoms with E-state index in [1.54, 1.807) is 25.3 Å². The van der Waals surface area contributed by atoms with E-state index in [1.165, 1.54) is 11.4 Å². The number of piperidine rings is 1. The number of ether oxygens (including phenoxy) is 2. The molecular weight excluding hydrogens is 314 g/mol. The van der Waals surface area contributed by atoms with Crippen molar-refractivity contribution in [2.24, 2.45) is 0 Å². The number of nitrogens with zero attached hydrogens (tertiary/aromatic N) is 1. The summed E-state index contributed by atoms with van der Waals surface area (Å²) in [5.74, 6) is 0.607. The minimum absolute atomic E-state index is 0.132. The Balaban J connectivity index is 2.31. The number of methoxy groups -OCH3 is 2. The highest BCUT2D eigenvalue weighted by atomic mass is 35.5. The summed E-state index contributed by atoms with van der Waals surface area (Å²) < 4.78 is 37.5. The van der Waals surface area contributed by atoms with Gasteiger partial charge in [-0.2, -0.15) is 4.31 Å². The van der Waals surface area contributed by atoms with E-state index < -0.39 is 10.0 Å². The first kappa shape index (κ1) is 16.5. The third-order valence-corrected chi connectivity index (χ3v) is 5.96. The van der Waals surface area contributed by atoms with Crippen LogP contribution in [-0.4, -0.2) is 46.1 Å². The van der Waals surface area contributed by atoms with E-state index in [-0.39, 0.29) is 16.9 Å². The molecule has 0 saturated carbocycles.